The molecule has 3 saturated heterocycles. The summed E-state index contributed by atoms with van der Waals surface area (Å²) in [6.45, 7) is 5.03. The molecule has 3 aromatic heterocycles. The van der Waals surface area contributed by atoms with Crippen LogP contribution in [0.15, 0.2) is 28.6 Å². The molecule has 6 rings (SSSR count). The molecule has 0 aliphatic carbocycles. The first kappa shape index (κ1) is 22.2. The summed E-state index contributed by atoms with van der Waals surface area (Å²) in [5, 5.41) is 12.1. The number of rotatable bonds is 4. The molecule has 1 N–H and O–H groups in total. The van der Waals surface area contributed by atoms with Gasteiger partial charge in [-0.1, -0.05) is 0 Å². The van der Waals surface area contributed by atoms with Crippen molar-refractivity contribution in [1.29, 1.82) is 0 Å². The van der Waals surface area contributed by atoms with E-state index in [0.717, 1.165) is 25.9 Å². The van der Waals surface area contributed by atoms with E-state index in [1.54, 1.807) is 29.1 Å². The number of carboxylic acids is 1. The largest absolute Gasteiger partial charge is 0.477 e. The van der Waals surface area contributed by atoms with E-state index < -0.39 is 11.4 Å². The predicted octanol–water partition coefficient (Wildman–Crippen LogP) is 2.07. The summed E-state index contributed by atoms with van der Waals surface area (Å²) >= 11 is 1.33. The Hall–Kier alpha value is -3.31. The van der Waals surface area contributed by atoms with Crippen LogP contribution in [0.3, 0.4) is 0 Å². The van der Waals surface area contributed by atoms with Crippen LogP contribution in [0.2, 0.25) is 0 Å². The summed E-state index contributed by atoms with van der Waals surface area (Å²) in [6, 6.07) is 1.79. The number of aromatic carboxylic acids is 1. The van der Waals surface area contributed by atoms with Crippen LogP contribution in [0, 0.1) is 12.8 Å². The summed E-state index contributed by atoms with van der Waals surface area (Å²) in [7, 11) is 0. The summed E-state index contributed by atoms with van der Waals surface area (Å²) < 4.78 is 7.51. The van der Waals surface area contributed by atoms with Crippen molar-refractivity contribution in [3.8, 4) is 5.13 Å². The molecule has 1 spiro atoms. The minimum Gasteiger partial charge on any atom is -0.477 e. The molecule has 0 saturated carbocycles. The SMILES string of the molecule is Cc1cc(N2CC(C(=O)N3CC4(CCCCO4)C3)C2)nc2c1c(=O)c(C(=O)O)cn2-c1nccs1. The Bertz CT molecular complexity index is 1380. The van der Waals surface area contributed by atoms with Crippen LogP contribution >= 0.6 is 11.3 Å². The van der Waals surface area contributed by atoms with Crippen LogP contribution in [0.25, 0.3) is 16.2 Å². The summed E-state index contributed by atoms with van der Waals surface area (Å²) in [5.74, 6) is -0.572. The fourth-order valence-corrected chi connectivity index (χ4v) is 5.93. The van der Waals surface area contributed by atoms with Gasteiger partial charge >= 0.3 is 5.97 Å². The number of anilines is 1. The van der Waals surface area contributed by atoms with E-state index in [4.69, 9.17) is 9.72 Å². The third-order valence-corrected chi connectivity index (χ3v) is 8.03. The molecule has 0 atom stereocenters. The second-order valence-corrected chi connectivity index (χ2v) is 10.5. The number of amides is 1. The number of thiazole rings is 1. The number of fused-ring (bicyclic) bond motifs is 1. The maximum absolute atomic E-state index is 13.0. The van der Waals surface area contributed by atoms with E-state index in [-0.39, 0.29) is 28.4 Å². The summed E-state index contributed by atoms with van der Waals surface area (Å²) in [6.07, 6.45) is 6.19. The van der Waals surface area contributed by atoms with Gasteiger partial charge in [0.2, 0.25) is 11.3 Å². The molecule has 11 heteroatoms. The molecule has 3 aromatic rings. The van der Waals surface area contributed by atoms with E-state index in [2.05, 4.69) is 4.98 Å². The van der Waals surface area contributed by atoms with Gasteiger partial charge < -0.3 is 19.6 Å². The minimum atomic E-state index is -1.29. The Labute approximate surface area is 204 Å². The number of carbonyl (C=O) groups excluding carboxylic acids is 1. The van der Waals surface area contributed by atoms with Crippen molar-refractivity contribution in [1.82, 2.24) is 19.4 Å². The maximum atomic E-state index is 13.0. The molecule has 0 radical (unpaired) electrons. The van der Waals surface area contributed by atoms with Crippen LogP contribution in [-0.2, 0) is 9.53 Å². The number of ether oxygens (including phenoxy) is 1. The molecule has 3 fully saturated rings. The molecule has 3 aliphatic rings. The second-order valence-electron chi connectivity index (χ2n) is 9.64. The first-order chi connectivity index (χ1) is 16.8. The van der Waals surface area contributed by atoms with Gasteiger partial charge in [0.1, 0.15) is 17.0 Å². The lowest BCUT2D eigenvalue weighted by Gasteiger charge is -2.53. The molecule has 182 valence electrons. The standard InChI is InChI=1S/C24H25N5O5S/c1-14-8-17(27-9-15(10-27)21(31)28-12-24(13-28)4-2-3-6-34-24)26-20-18(14)19(30)16(22(32)33)11-29(20)23-25-5-7-35-23/h5,7-8,11,15H,2-4,6,9-10,12-13H2,1H3,(H,32,33). The lowest BCUT2D eigenvalue weighted by molar-refractivity contribution is -0.183. The Morgan fingerprint density at radius 2 is 2.06 bits per heavy atom. The van der Waals surface area contributed by atoms with E-state index >= 15 is 0 Å². The number of nitrogens with zero attached hydrogens (tertiary/aromatic N) is 5. The zero-order valence-corrected chi connectivity index (χ0v) is 20.1. The monoisotopic (exact) mass is 495 g/mol. The van der Waals surface area contributed by atoms with Gasteiger partial charge in [-0.25, -0.2) is 14.8 Å². The summed E-state index contributed by atoms with van der Waals surface area (Å²) in [5.41, 5.74) is -0.0154. The van der Waals surface area contributed by atoms with Crippen molar-refractivity contribution in [2.24, 2.45) is 5.92 Å². The molecule has 0 bridgehead atoms. The van der Waals surface area contributed by atoms with Crippen molar-refractivity contribution in [2.45, 2.75) is 31.8 Å². The zero-order valence-electron chi connectivity index (χ0n) is 19.3. The lowest BCUT2D eigenvalue weighted by Crippen LogP contribution is -2.68. The van der Waals surface area contributed by atoms with Crippen molar-refractivity contribution in [3.05, 3.63) is 45.2 Å². The quantitative estimate of drug-likeness (QED) is 0.585. The molecule has 10 nitrogen and oxygen atoms in total. The lowest BCUT2D eigenvalue weighted by atomic mass is 9.84. The smallest absolute Gasteiger partial charge is 0.341 e. The van der Waals surface area contributed by atoms with E-state index in [1.807, 2.05) is 9.80 Å². The average Bonchev–Trinajstić information content (AvgIpc) is 3.31. The van der Waals surface area contributed by atoms with Gasteiger partial charge in [-0.05, 0) is 37.8 Å². The Kier molecular flexibility index (Phi) is 5.15. The highest BCUT2D eigenvalue weighted by Crippen LogP contribution is 2.36. The van der Waals surface area contributed by atoms with Gasteiger partial charge in [-0.2, -0.15) is 0 Å². The number of hydrogen-bond acceptors (Lipinski definition) is 8. The van der Waals surface area contributed by atoms with Crippen molar-refractivity contribution in [2.75, 3.05) is 37.7 Å². The van der Waals surface area contributed by atoms with Crippen LogP contribution in [0.5, 0.6) is 0 Å². The summed E-state index contributed by atoms with van der Waals surface area (Å²) in [4.78, 5) is 50.5. The molecule has 1 amide bonds. The minimum absolute atomic E-state index is 0.0933. The fraction of sp³-hybridized carbons (Fsp3) is 0.458. The van der Waals surface area contributed by atoms with E-state index in [9.17, 15) is 19.5 Å². The number of carbonyl (C=O) groups is 2. The first-order valence-electron chi connectivity index (χ1n) is 11.7. The highest BCUT2D eigenvalue weighted by atomic mass is 32.1. The highest BCUT2D eigenvalue weighted by Gasteiger charge is 2.49. The number of hydrogen-bond donors (Lipinski definition) is 1. The van der Waals surface area contributed by atoms with Gasteiger partial charge in [-0.3, -0.25) is 14.2 Å². The van der Waals surface area contributed by atoms with E-state index in [0.29, 0.717) is 48.3 Å². The fourth-order valence-electron chi connectivity index (χ4n) is 5.32. The van der Waals surface area contributed by atoms with Crippen molar-refractivity contribution >= 4 is 40.1 Å². The highest BCUT2D eigenvalue weighted by molar-refractivity contribution is 7.12. The molecular formula is C24H25N5O5S. The molecule has 0 unspecified atom stereocenters. The third-order valence-electron chi connectivity index (χ3n) is 7.26. The molecular weight excluding hydrogens is 470 g/mol. The second kappa shape index (κ2) is 8.13. The van der Waals surface area contributed by atoms with Crippen LogP contribution in [-0.4, -0.2) is 74.8 Å². The predicted molar refractivity (Wildman–Crippen MR) is 130 cm³/mol. The van der Waals surface area contributed by atoms with Gasteiger partial charge in [0, 0.05) is 37.5 Å². The van der Waals surface area contributed by atoms with E-state index in [1.165, 1.54) is 17.5 Å². The van der Waals surface area contributed by atoms with Gasteiger partial charge in [0.25, 0.3) is 0 Å². The Morgan fingerprint density at radius 1 is 1.26 bits per heavy atom. The zero-order chi connectivity index (χ0) is 24.3. The van der Waals surface area contributed by atoms with Crippen molar-refractivity contribution < 1.29 is 19.4 Å². The Morgan fingerprint density at radius 3 is 2.71 bits per heavy atom. The van der Waals surface area contributed by atoms with Gasteiger partial charge in [-0.15, -0.1) is 11.3 Å². The number of likely N-dealkylation sites (tertiary alicyclic amines) is 1. The van der Waals surface area contributed by atoms with Crippen molar-refractivity contribution in [3.63, 3.8) is 0 Å². The first-order valence-corrected chi connectivity index (χ1v) is 12.6. The molecule has 0 aromatic carbocycles. The number of aryl methyl sites for hydroxylation is 1. The van der Waals surface area contributed by atoms with Gasteiger partial charge in [0.05, 0.1) is 24.4 Å². The normalized spacial score (nSPS) is 19.6. The van der Waals surface area contributed by atoms with Crippen LogP contribution < -0.4 is 10.3 Å². The molecule has 6 heterocycles. The van der Waals surface area contributed by atoms with Crippen LogP contribution in [0.4, 0.5) is 5.82 Å². The molecule has 35 heavy (non-hydrogen) atoms. The third kappa shape index (κ3) is 3.61. The average molecular weight is 496 g/mol. The Balaban J connectivity index is 1.26. The number of aromatic nitrogens is 3. The number of pyridine rings is 2. The van der Waals surface area contributed by atoms with Gasteiger partial charge in [0.15, 0.2) is 10.8 Å². The molecule has 3 aliphatic heterocycles. The van der Waals surface area contributed by atoms with Crippen LogP contribution in [0.1, 0.15) is 35.2 Å². The maximum Gasteiger partial charge on any atom is 0.341 e. The number of carboxylic acid groups (broad SMARTS) is 1. The topological polar surface area (TPSA) is 118 Å².